The molecule has 3 aliphatic rings. The molecule has 1 aromatic carbocycles. The van der Waals surface area contributed by atoms with Gasteiger partial charge in [-0.05, 0) is 50.5 Å². The molecule has 7 nitrogen and oxygen atoms in total. The molecule has 1 N–H and O–H groups in total. The summed E-state index contributed by atoms with van der Waals surface area (Å²) in [6.07, 6.45) is 5.62. The molecule has 4 rings (SSSR count). The van der Waals surface area contributed by atoms with Crippen LogP contribution in [0.25, 0.3) is 0 Å². The van der Waals surface area contributed by atoms with Crippen molar-refractivity contribution >= 4 is 46.8 Å². The molecule has 6 atom stereocenters. The van der Waals surface area contributed by atoms with Gasteiger partial charge in [-0.3, -0.25) is 14.4 Å². The second-order valence-corrected chi connectivity index (χ2v) is 12.2. The third-order valence-electron chi connectivity index (χ3n) is 7.87. The summed E-state index contributed by atoms with van der Waals surface area (Å²) in [7, 11) is 0. The highest BCUT2D eigenvalue weighted by Crippen LogP contribution is 2.67. The number of aliphatic hydroxyl groups is 1. The Morgan fingerprint density at radius 2 is 1.92 bits per heavy atom. The highest BCUT2D eigenvalue weighted by Gasteiger charge is 2.74. The van der Waals surface area contributed by atoms with Crippen molar-refractivity contribution in [2.24, 2.45) is 11.8 Å². The van der Waals surface area contributed by atoms with Crippen LogP contribution >= 0.6 is 23.4 Å². The number of anilines is 1. The molecule has 2 bridgehead atoms. The van der Waals surface area contributed by atoms with Crippen molar-refractivity contribution in [2.75, 3.05) is 31.1 Å². The number of benzene rings is 1. The van der Waals surface area contributed by atoms with E-state index in [9.17, 15) is 19.5 Å². The number of amides is 3. The molecule has 1 spiro atoms. The molecule has 200 valence electrons. The van der Waals surface area contributed by atoms with E-state index in [1.165, 1.54) is 0 Å². The minimum atomic E-state index is -0.797. The van der Waals surface area contributed by atoms with Gasteiger partial charge in [-0.1, -0.05) is 30.7 Å². The second kappa shape index (κ2) is 11.2. The monoisotopic (exact) mass is 545 g/mol. The van der Waals surface area contributed by atoms with Crippen LogP contribution in [0.15, 0.2) is 49.6 Å². The maximum atomic E-state index is 14.4. The van der Waals surface area contributed by atoms with E-state index in [2.05, 4.69) is 13.2 Å². The van der Waals surface area contributed by atoms with Gasteiger partial charge >= 0.3 is 0 Å². The first kappa shape index (κ1) is 27.7. The summed E-state index contributed by atoms with van der Waals surface area (Å²) in [5.74, 6) is -1.57. The van der Waals surface area contributed by atoms with E-state index >= 15 is 0 Å². The molecule has 37 heavy (non-hydrogen) atoms. The summed E-state index contributed by atoms with van der Waals surface area (Å²) in [5, 5.41) is 10.6. The number of halogens is 1. The third kappa shape index (κ3) is 4.61. The second-order valence-electron chi connectivity index (χ2n) is 10.1. The number of carbonyl (C=O) groups excluding carboxylic acids is 3. The van der Waals surface area contributed by atoms with Gasteiger partial charge in [0, 0.05) is 35.6 Å². The number of hydrogen-bond donors (Lipinski definition) is 1. The first-order valence-electron chi connectivity index (χ1n) is 12.9. The fraction of sp³-hybridized carbons (Fsp3) is 0.536. The Bertz CT molecular complexity index is 1070. The van der Waals surface area contributed by atoms with Crippen molar-refractivity contribution in [3.63, 3.8) is 0 Å². The molecule has 2 unspecified atom stereocenters. The Morgan fingerprint density at radius 3 is 2.51 bits per heavy atom. The van der Waals surface area contributed by atoms with Crippen LogP contribution in [0.1, 0.15) is 33.1 Å². The predicted octanol–water partition coefficient (Wildman–Crippen LogP) is 3.76. The summed E-state index contributed by atoms with van der Waals surface area (Å²) in [4.78, 5) is 47.3. The Balaban J connectivity index is 1.77. The summed E-state index contributed by atoms with van der Waals surface area (Å²) in [5.41, 5.74) is 0.656. The lowest BCUT2D eigenvalue weighted by atomic mass is 9.70. The molecule has 3 aliphatic heterocycles. The molecular formula is C28H36ClN3O4S. The number of rotatable bonds is 11. The lowest BCUT2D eigenvalue weighted by Gasteiger charge is -2.39. The van der Waals surface area contributed by atoms with Crippen LogP contribution in [0.3, 0.4) is 0 Å². The SMILES string of the molecule is C=CCN(CCC)C(=O)[C@@H]1[C@@H]2CCC3(S2)C(C(=O)N(CC=C)c2ccc(Cl)cc2)N([C@H](C)CO)C(=O)[C@H]13. The van der Waals surface area contributed by atoms with Crippen molar-refractivity contribution in [1.29, 1.82) is 0 Å². The number of nitrogens with zero attached hydrogens (tertiary/aromatic N) is 3. The normalized spacial score (nSPS) is 28.6. The molecule has 3 saturated heterocycles. The number of aliphatic hydroxyl groups excluding tert-OH is 1. The maximum absolute atomic E-state index is 14.4. The zero-order valence-corrected chi connectivity index (χ0v) is 23.1. The molecule has 0 aromatic heterocycles. The highest BCUT2D eigenvalue weighted by atomic mass is 35.5. The van der Waals surface area contributed by atoms with Crippen LogP contribution in [0, 0.1) is 11.8 Å². The lowest BCUT2D eigenvalue weighted by molar-refractivity contribution is -0.145. The maximum Gasteiger partial charge on any atom is 0.251 e. The van der Waals surface area contributed by atoms with Gasteiger partial charge in [-0.25, -0.2) is 0 Å². The molecular weight excluding hydrogens is 510 g/mol. The van der Waals surface area contributed by atoms with Crippen LogP contribution < -0.4 is 4.90 Å². The van der Waals surface area contributed by atoms with E-state index in [-0.39, 0.29) is 36.1 Å². The molecule has 0 radical (unpaired) electrons. The van der Waals surface area contributed by atoms with Gasteiger partial charge in [0.1, 0.15) is 6.04 Å². The average molecular weight is 546 g/mol. The zero-order chi connectivity index (χ0) is 26.9. The molecule has 9 heteroatoms. The third-order valence-corrected chi connectivity index (χ3v) is 10.1. The summed E-state index contributed by atoms with van der Waals surface area (Å²) >= 11 is 7.72. The number of fused-ring (bicyclic) bond motifs is 1. The highest BCUT2D eigenvalue weighted by molar-refractivity contribution is 8.02. The first-order chi connectivity index (χ1) is 17.7. The Kier molecular flexibility index (Phi) is 8.41. The van der Waals surface area contributed by atoms with Crippen LogP contribution in [0.4, 0.5) is 5.69 Å². The van der Waals surface area contributed by atoms with Gasteiger partial charge in [-0.15, -0.1) is 24.9 Å². The predicted molar refractivity (Wildman–Crippen MR) is 149 cm³/mol. The summed E-state index contributed by atoms with van der Waals surface area (Å²) < 4.78 is -0.722. The minimum absolute atomic E-state index is 0.0177. The number of carbonyl (C=O) groups is 3. The van der Waals surface area contributed by atoms with Crippen molar-refractivity contribution < 1.29 is 19.5 Å². The number of thioether (sulfide) groups is 1. The average Bonchev–Trinajstić information content (AvgIpc) is 3.54. The molecule has 3 fully saturated rings. The smallest absolute Gasteiger partial charge is 0.251 e. The van der Waals surface area contributed by atoms with Gasteiger partial charge in [0.15, 0.2) is 0 Å². The van der Waals surface area contributed by atoms with E-state index in [0.29, 0.717) is 30.2 Å². The Morgan fingerprint density at radius 1 is 1.24 bits per heavy atom. The number of likely N-dealkylation sites (tertiary alicyclic amines) is 1. The van der Waals surface area contributed by atoms with Gasteiger partial charge < -0.3 is 19.8 Å². The van der Waals surface area contributed by atoms with E-state index in [1.807, 2.05) is 6.92 Å². The van der Waals surface area contributed by atoms with Crippen molar-refractivity contribution in [1.82, 2.24) is 9.80 Å². The van der Waals surface area contributed by atoms with Gasteiger partial charge in [0.05, 0.1) is 29.2 Å². The first-order valence-corrected chi connectivity index (χ1v) is 14.2. The minimum Gasteiger partial charge on any atom is -0.394 e. The lowest BCUT2D eigenvalue weighted by Crippen LogP contribution is -2.57. The molecule has 3 amide bonds. The van der Waals surface area contributed by atoms with Crippen molar-refractivity contribution in [3.05, 3.63) is 54.6 Å². The van der Waals surface area contributed by atoms with Gasteiger partial charge in [0.2, 0.25) is 11.8 Å². The molecule has 0 saturated carbocycles. The van der Waals surface area contributed by atoms with E-state index < -0.39 is 28.7 Å². The molecule has 3 heterocycles. The van der Waals surface area contributed by atoms with Crippen molar-refractivity contribution in [2.45, 2.75) is 55.2 Å². The van der Waals surface area contributed by atoms with Crippen LogP contribution in [-0.2, 0) is 14.4 Å². The Hall–Kier alpha value is -2.29. The van der Waals surface area contributed by atoms with Crippen LogP contribution in [0.2, 0.25) is 5.02 Å². The fourth-order valence-electron chi connectivity index (χ4n) is 6.36. The zero-order valence-electron chi connectivity index (χ0n) is 21.5. The summed E-state index contributed by atoms with van der Waals surface area (Å²) in [6.45, 7) is 12.4. The largest absolute Gasteiger partial charge is 0.394 e. The van der Waals surface area contributed by atoms with Gasteiger partial charge in [-0.2, -0.15) is 0 Å². The quantitative estimate of drug-likeness (QED) is 0.428. The van der Waals surface area contributed by atoms with Crippen LogP contribution in [0.5, 0.6) is 0 Å². The molecule has 1 aromatic rings. The van der Waals surface area contributed by atoms with E-state index in [1.54, 1.807) is 69.8 Å². The fourth-order valence-corrected chi connectivity index (χ4v) is 8.68. The van der Waals surface area contributed by atoms with Crippen molar-refractivity contribution in [3.8, 4) is 0 Å². The standard InChI is InChI=1S/C28H36ClN3O4S/c1-5-14-30(15-6-2)25(34)22-21-12-13-28(37-21)23(22)26(35)32(18(4)17-33)24(28)27(36)31(16-7-3)20-10-8-19(29)9-11-20/h5,7-11,18,21-24,33H,1,3,6,12-17H2,2,4H3/t18-,21+,22-,23+,24?,28?/m1/s1. The number of hydrogen-bond acceptors (Lipinski definition) is 5. The molecule has 0 aliphatic carbocycles. The van der Waals surface area contributed by atoms with Crippen LogP contribution in [-0.4, -0.2) is 80.9 Å². The van der Waals surface area contributed by atoms with E-state index in [4.69, 9.17) is 11.6 Å². The van der Waals surface area contributed by atoms with E-state index in [0.717, 1.165) is 12.8 Å². The summed E-state index contributed by atoms with van der Waals surface area (Å²) in [6, 6.07) is 5.64. The topological polar surface area (TPSA) is 81.2 Å². The van der Waals surface area contributed by atoms with Gasteiger partial charge in [0.25, 0.3) is 5.91 Å². The Labute approximate surface area is 228 Å².